The van der Waals surface area contributed by atoms with Crippen LogP contribution in [0.5, 0.6) is 0 Å². The standard InChI is InChI=1S/C18H24N4O3S/c1-3-21-12-17(19-13-21)26(24,25)22-9-5-7-15(11-22)18(23)20-16-8-4-6-14(2)10-16/h4,6,8,10,12-13,15H,3,5,7,9,11H2,1-2H3,(H,20,23)/t15-/m0/s1. The lowest BCUT2D eigenvalue weighted by molar-refractivity contribution is -0.120. The van der Waals surface area contributed by atoms with Crippen LogP contribution in [0.3, 0.4) is 0 Å². The van der Waals surface area contributed by atoms with E-state index in [0.717, 1.165) is 11.3 Å². The van der Waals surface area contributed by atoms with Gasteiger partial charge in [0.25, 0.3) is 10.0 Å². The molecule has 1 aliphatic heterocycles. The lowest BCUT2D eigenvalue weighted by Crippen LogP contribution is -2.43. The van der Waals surface area contributed by atoms with Gasteiger partial charge in [-0.05, 0) is 44.4 Å². The quantitative estimate of drug-likeness (QED) is 0.867. The van der Waals surface area contributed by atoms with Crippen molar-refractivity contribution in [3.63, 3.8) is 0 Å². The summed E-state index contributed by atoms with van der Waals surface area (Å²) >= 11 is 0. The number of imidazole rings is 1. The van der Waals surface area contributed by atoms with Gasteiger partial charge in [0.1, 0.15) is 0 Å². The summed E-state index contributed by atoms with van der Waals surface area (Å²) in [6.45, 7) is 5.13. The van der Waals surface area contributed by atoms with E-state index >= 15 is 0 Å². The second kappa shape index (κ2) is 7.59. The lowest BCUT2D eigenvalue weighted by Gasteiger charge is -2.30. The Morgan fingerprint density at radius 2 is 2.19 bits per heavy atom. The number of anilines is 1. The average Bonchev–Trinajstić information content (AvgIpc) is 3.12. The van der Waals surface area contributed by atoms with E-state index in [-0.39, 0.29) is 23.4 Å². The topological polar surface area (TPSA) is 84.3 Å². The van der Waals surface area contributed by atoms with Crippen molar-refractivity contribution in [3.8, 4) is 0 Å². The van der Waals surface area contributed by atoms with Gasteiger partial charge in [-0.15, -0.1) is 0 Å². The maximum atomic E-state index is 12.8. The number of hydrogen-bond donors (Lipinski definition) is 1. The molecule has 1 N–H and O–H groups in total. The van der Waals surface area contributed by atoms with Gasteiger partial charge in [0.05, 0.1) is 12.2 Å². The third kappa shape index (κ3) is 3.96. The number of amides is 1. The normalized spacial score (nSPS) is 18.6. The van der Waals surface area contributed by atoms with Crippen LogP contribution in [-0.2, 0) is 21.4 Å². The fourth-order valence-electron chi connectivity index (χ4n) is 3.12. The minimum atomic E-state index is -3.68. The van der Waals surface area contributed by atoms with Crippen molar-refractivity contribution >= 4 is 21.6 Å². The highest BCUT2D eigenvalue weighted by molar-refractivity contribution is 7.89. The minimum absolute atomic E-state index is 0.0408. The number of hydrogen-bond acceptors (Lipinski definition) is 4. The van der Waals surface area contributed by atoms with Crippen LogP contribution in [0.2, 0.25) is 0 Å². The summed E-state index contributed by atoms with van der Waals surface area (Å²) in [5, 5.41) is 2.94. The molecule has 0 radical (unpaired) electrons. The predicted molar refractivity (Wildman–Crippen MR) is 99.2 cm³/mol. The zero-order valence-electron chi connectivity index (χ0n) is 15.1. The molecule has 0 spiro atoms. The largest absolute Gasteiger partial charge is 0.336 e. The number of nitrogens with zero attached hydrogens (tertiary/aromatic N) is 3. The summed E-state index contributed by atoms with van der Waals surface area (Å²) in [4.78, 5) is 16.6. The number of aryl methyl sites for hydroxylation is 2. The number of benzene rings is 1. The summed E-state index contributed by atoms with van der Waals surface area (Å²) < 4.78 is 28.7. The predicted octanol–water partition coefficient (Wildman–Crippen LogP) is 2.25. The van der Waals surface area contributed by atoms with E-state index in [1.807, 2.05) is 38.1 Å². The number of nitrogens with one attached hydrogen (secondary N) is 1. The highest BCUT2D eigenvalue weighted by Crippen LogP contribution is 2.24. The Kier molecular flexibility index (Phi) is 5.43. The SMILES string of the molecule is CCn1cnc(S(=O)(=O)N2CCC[C@H](C(=O)Nc3cccc(C)c3)C2)c1. The Balaban J connectivity index is 1.71. The van der Waals surface area contributed by atoms with E-state index in [0.29, 0.717) is 25.9 Å². The number of sulfonamides is 1. The number of piperidine rings is 1. The molecule has 1 saturated heterocycles. The molecule has 1 atom stereocenters. The highest BCUT2D eigenvalue weighted by Gasteiger charge is 2.34. The second-order valence-corrected chi connectivity index (χ2v) is 8.49. The lowest BCUT2D eigenvalue weighted by atomic mass is 9.98. The molecule has 1 aliphatic rings. The molecule has 0 unspecified atom stereocenters. The van der Waals surface area contributed by atoms with Crippen LogP contribution in [-0.4, -0.2) is 41.3 Å². The fourth-order valence-corrected chi connectivity index (χ4v) is 4.58. The first-order valence-corrected chi connectivity index (χ1v) is 10.2. The third-order valence-electron chi connectivity index (χ3n) is 4.62. The Bertz CT molecular complexity index is 891. The maximum Gasteiger partial charge on any atom is 0.262 e. The van der Waals surface area contributed by atoms with Gasteiger partial charge in [-0.25, -0.2) is 13.4 Å². The summed E-state index contributed by atoms with van der Waals surface area (Å²) in [6.07, 6.45) is 4.37. The van der Waals surface area contributed by atoms with Crippen molar-refractivity contribution in [1.29, 1.82) is 0 Å². The molecule has 0 aliphatic carbocycles. The van der Waals surface area contributed by atoms with Crippen LogP contribution in [0.25, 0.3) is 0 Å². The molecule has 140 valence electrons. The van der Waals surface area contributed by atoms with Crippen LogP contribution in [0.1, 0.15) is 25.3 Å². The first-order valence-electron chi connectivity index (χ1n) is 8.79. The molecule has 3 rings (SSSR count). The molecular weight excluding hydrogens is 352 g/mol. The zero-order valence-corrected chi connectivity index (χ0v) is 15.9. The van der Waals surface area contributed by atoms with Crippen LogP contribution >= 0.6 is 0 Å². The molecule has 8 heteroatoms. The minimum Gasteiger partial charge on any atom is -0.336 e. The molecule has 1 aromatic heterocycles. The fraction of sp³-hybridized carbons (Fsp3) is 0.444. The molecule has 7 nitrogen and oxygen atoms in total. The van der Waals surface area contributed by atoms with Gasteiger partial charge < -0.3 is 9.88 Å². The molecule has 0 bridgehead atoms. The van der Waals surface area contributed by atoms with Crippen LogP contribution in [0.4, 0.5) is 5.69 Å². The first-order chi connectivity index (χ1) is 12.4. The number of carbonyl (C=O) groups excluding carboxylic acids is 1. The van der Waals surface area contributed by atoms with Gasteiger partial charge in [0.2, 0.25) is 5.91 Å². The van der Waals surface area contributed by atoms with E-state index in [2.05, 4.69) is 10.3 Å². The summed E-state index contributed by atoms with van der Waals surface area (Å²) in [7, 11) is -3.68. The van der Waals surface area contributed by atoms with Crippen molar-refractivity contribution in [2.24, 2.45) is 5.92 Å². The van der Waals surface area contributed by atoms with E-state index in [9.17, 15) is 13.2 Å². The van der Waals surface area contributed by atoms with Crippen molar-refractivity contribution < 1.29 is 13.2 Å². The third-order valence-corrected chi connectivity index (χ3v) is 6.37. The van der Waals surface area contributed by atoms with E-state index < -0.39 is 10.0 Å². The van der Waals surface area contributed by atoms with Crippen molar-refractivity contribution in [2.45, 2.75) is 38.3 Å². The monoisotopic (exact) mass is 376 g/mol. The Morgan fingerprint density at radius 3 is 2.88 bits per heavy atom. The summed E-state index contributed by atoms with van der Waals surface area (Å²) in [5.41, 5.74) is 1.79. The smallest absolute Gasteiger partial charge is 0.262 e. The molecular formula is C18H24N4O3S. The van der Waals surface area contributed by atoms with Gasteiger partial charge in [-0.3, -0.25) is 4.79 Å². The highest BCUT2D eigenvalue weighted by atomic mass is 32.2. The Labute approximate surface area is 154 Å². The molecule has 1 aromatic carbocycles. The molecule has 2 heterocycles. The molecule has 1 fully saturated rings. The van der Waals surface area contributed by atoms with Crippen molar-refractivity contribution in [2.75, 3.05) is 18.4 Å². The summed E-state index contributed by atoms with van der Waals surface area (Å²) in [5.74, 6) is -0.512. The maximum absolute atomic E-state index is 12.8. The average molecular weight is 376 g/mol. The number of carbonyl (C=O) groups is 1. The Morgan fingerprint density at radius 1 is 1.38 bits per heavy atom. The Hall–Kier alpha value is -2.19. The van der Waals surface area contributed by atoms with Gasteiger partial charge in [0.15, 0.2) is 5.03 Å². The first kappa shape index (κ1) is 18.6. The molecule has 2 aromatic rings. The van der Waals surface area contributed by atoms with Crippen molar-refractivity contribution in [3.05, 3.63) is 42.4 Å². The second-order valence-electron chi connectivity index (χ2n) is 6.60. The van der Waals surface area contributed by atoms with E-state index in [4.69, 9.17) is 0 Å². The van der Waals surface area contributed by atoms with Crippen LogP contribution < -0.4 is 5.32 Å². The summed E-state index contributed by atoms with van der Waals surface area (Å²) in [6, 6.07) is 7.57. The van der Waals surface area contributed by atoms with Crippen LogP contribution in [0, 0.1) is 12.8 Å². The van der Waals surface area contributed by atoms with Gasteiger partial charge in [-0.2, -0.15) is 4.31 Å². The zero-order chi connectivity index (χ0) is 18.7. The van der Waals surface area contributed by atoms with Crippen molar-refractivity contribution in [1.82, 2.24) is 13.9 Å². The van der Waals surface area contributed by atoms with Gasteiger partial charge >= 0.3 is 0 Å². The van der Waals surface area contributed by atoms with Gasteiger partial charge in [-0.1, -0.05) is 12.1 Å². The molecule has 26 heavy (non-hydrogen) atoms. The number of aromatic nitrogens is 2. The van der Waals surface area contributed by atoms with E-state index in [1.54, 1.807) is 4.57 Å². The number of rotatable bonds is 5. The van der Waals surface area contributed by atoms with E-state index in [1.165, 1.54) is 16.8 Å². The van der Waals surface area contributed by atoms with Crippen LogP contribution in [0.15, 0.2) is 41.8 Å². The van der Waals surface area contributed by atoms with Gasteiger partial charge in [0, 0.05) is 31.5 Å². The molecule has 0 saturated carbocycles. The molecule has 1 amide bonds.